The normalized spacial score (nSPS) is 20.7. The third-order valence-electron chi connectivity index (χ3n) is 6.78. The highest BCUT2D eigenvalue weighted by Gasteiger charge is 2.31. The number of benzene rings is 1. The van der Waals surface area contributed by atoms with Gasteiger partial charge in [0.2, 0.25) is 10.0 Å². The van der Waals surface area contributed by atoms with Crippen LogP contribution in [0, 0.1) is 19.8 Å². The van der Waals surface area contributed by atoms with Crippen LogP contribution >= 0.6 is 0 Å². The van der Waals surface area contributed by atoms with E-state index in [0.29, 0.717) is 24.6 Å². The van der Waals surface area contributed by atoms with Crippen molar-refractivity contribution in [3.05, 3.63) is 28.8 Å². The molecule has 2 fully saturated rings. The molecule has 7 heteroatoms. The summed E-state index contributed by atoms with van der Waals surface area (Å²) in [5.74, 6) is 0.465. The molecular formula is C22H35N3O3S. The van der Waals surface area contributed by atoms with E-state index >= 15 is 0 Å². The SMILES string of the molecule is Cc1cc(C(=O)N(C)C2CCN(C)CC2)cc(S(=O)(=O)N2CCC(C)CC2)c1C. The van der Waals surface area contributed by atoms with Gasteiger partial charge in [0, 0.05) is 31.7 Å². The van der Waals surface area contributed by atoms with Crippen LogP contribution in [0.2, 0.25) is 0 Å². The van der Waals surface area contributed by atoms with Gasteiger partial charge in [-0.1, -0.05) is 6.92 Å². The fourth-order valence-corrected chi connectivity index (χ4v) is 6.13. The highest BCUT2D eigenvalue weighted by molar-refractivity contribution is 7.89. The monoisotopic (exact) mass is 421 g/mol. The number of carbonyl (C=O) groups is 1. The second-order valence-corrected chi connectivity index (χ2v) is 10.9. The highest BCUT2D eigenvalue weighted by atomic mass is 32.2. The van der Waals surface area contributed by atoms with E-state index in [1.165, 1.54) is 0 Å². The molecule has 2 aliphatic heterocycles. The molecule has 0 radical (unpaired) electrons. The third kappa shape index (κ3) is 4.67. The number of sulfonamides is 1. The Kier molecular flexibility index (Phi) is 6.70. The summed E-state index contributed by atoms with van der Waals surface area (Å²) in [6.45, 7) is 8.94. The molecule has 1 aromatic carbocycles. The van der Waals surface area contributed by atoms with Crippen molar-refractivity contribution in [2.24, 2.45) is 5.92 Å². The van der Waals surface area contributed by atoms with Crippen molar-refractivity contribution < 1.29 is 13.2 Å². The lowest BCUT2D eigenvalue weighted by molar-refractivity contribution is 0.0659. The minimum Gasteiger partial charge on any atom is -0.339 e. The number of carbonyl (C=O) groups excluding carboxylic acids is 1. The molecular weight excluding hydrogens is 386 g/mol. The molecule has 0 bridgehead atoms. The Bertz CT molecular complexity index is 852. The minimum absolute atomic E-state index is 0.0913. The van der Waals surface area contributed by atoms with Gasteiger partial charge in [-0.15, -0.1) is 0 Å². The van der Waals surface area contributed by atoms with E-state index in [1.807, 2.05) is 27.0 Å². The highest BCUT2D eigenvalue weighted by Crippen LogP contribution is 2.29. The largest absolute Gasteiger partial charge is 0.339 e. The Hall–Kier alpha value is -1.44. The predicted octanol–water partition coefficient (Wildman–Crippen LogP) is 2.89. The molecule has 0 aliphatic carbocycles. The van der Waals surface area contributed by atoms with Crippen molar-refractivity contribution in [1.29, 1.82) is 0 Å². The van der Waals surface area contributed by atoms with Gasteiger partial charge in [0.15, 0.2) is 0 Å². The van der Waals surface area contributed by atoms with Crippen molar-refractivity contribution >= 4 is 15.9 Å². The molecule has 1 amide bonds. The average molecular weight is 422 g/mol. The van der Waals surface area contributed by atoms with Gasteiger partial charge in [-0.05, 0) is 88.8 Å². The average Bonchev–Trinajstić information content (AvgIpc) is 2.69. The number of likely N-dealkylation sites (tertiary alicyclic amines) is 1. The Labute approximate surface area is 175 Å². The summed E-state index contributed by atoms with van der Waals surface area (Å²) in [7, 11) is 0.341. The molecule has 6 nitrogen and oxygen atoms in total. The topological polar surface area (TPSA) is 60.9 Å². The van der Waals surface area contributed by atoms with Crippen LogP contribution in [0.5, 0.6) is 0 Å². The number of hydrogen-bond donors (Lipinski definition) is 0. The molecule has 2 saturated heterocycles. The first-order chi connectivity index (χ1) is 13.6. The third-order valence-corrected chi connectivity index (χ3v) is 8.81. The number of amides is 1. The van der Waals surface area contributed by atoms with Crippen LogP contribution in [0.15, 0.2) is 17.0 Å². The molecule has 3 rings (SSSR count). The van der Waals surface area contributed by atoms with Crippen LogP contribution in [-0.4, -0.2) is 74.7 Å². The molecule has 0 unspecified atom stereocenters. The molecule has 2 aliphatic rings. The quantitative estimate of drug-likeness (QED) is 0.750. The van der Waals surface area contributed by atoms with Crippen molar-refractivity contribution in [3.8, 4) is 0 Å². The van der Waals surface area contributed by atoms with Crippen LogP contribution in [0.1, 0.15) is 54.1 Å². The molecule has 2 heterocycles. The summed E-state index contributed by atoms with van der Waals surface area (Å²) in [5, 5.41) is 0. The predicted molar refractivity (Wildman–Crippen MR) is 116 cm³/mol. The Morgan fingerprint density at radius 3 is 2.21 bits per heavy atom. The lowest BCUT2D eigenvalue weighted by Crippen LogP contribution is -2.44. The zero-order valence-electron chi connectivity index (χ0n) is 18.4. The van der Waals surface area contributed by atoms with Crippen LogP contribution in [0.25, 0.3) is 0 Å². The summed E-state index contributed by atoms with van der Waals surface area (Å²) in [4.78, 5) is 17.6. The zero-order valence-corrected chi connectivity index (χ0v) is 19.3. The first-order valence-electron chi connectivity index (χ1n) is 10.7. The van der Waals surface area contributed by atoms with Crippen molar-refractivity contribution in [2.75, 3.05) is 40.3 Å². The molecule has 0 N–H and O–H groups in total. The number of piperidine rings is 2. The molecule has 0 saturated carbocycles. The maximum atomic E-state index is 13.3. The van der Waals surface area contributed by atoms with E-state index in [1.54, 1.807) is 15.3 Å². The van der Waals surface area contributed by atoms with E-state index in [-0.39, 0.29) is 16.8 Å². The minimum atomic E-state index is -3.60. The van der Waals surface area contributed by atoms with Gasteiger partial charge in [-0.3, -0.25) is 4.79 Å². The molecule has 162 valence electrons. The lowest BCUT2D eigenvalue weighted by Gasteiger charge is -2.35. The van der Waals surface area contributed by atoms with Crippen molar-refractivity contribution in [3.63, 3.8) is 0 Å². The summed E-state index contributed by atoms with van der Waals surface area (Å²) in [5.41, 5.74) is 2.05. The fraction of sp³-hybridized carbons (Fsp3) is 0.682. The maximum absolute atomic E-state index is 13.3. The standard InChI is InChI=1S/C22H35N3O3S/c1-16-6-12-25(13-7-16)29(27,28)21-15-19(14-17(2)18(21)3)22(26)24(5)20-8-10-23(4)11-9-20/h14-16,20H,6-13H2,1-5H3. The van der Waals surface area contributed by atoms with Gasteiger partial charge in [-0.2, -0.15) is 4.31 Å². The van der Waals surface area contributed by atoms with E-state index in [9.17, 15) is 13.2 Å². The van der Waals surface area contributed by atoms with Gasteiger partial charge in [0.05, 0.1) is 4.90 Å². The van der Waals surface area contributed by atoms with Crippen LogP contribution < -0.4 is 0 Å². The molecule has 0 spiro atoms. The van der Waals surface area contributed by atoms with Crippen molar-refractivity contribution in [2.45, 2.75) is 57.4 Å². The summed E-state index contributed by atoms with van der Waals surface area (Å²) in [6.07, 6.45) is 3.66. The molecule has 1 aromatic rings. The second kappa shape index (κ2) is 8.74. The first-order valence-corrected chi connectivity index (χ1v) is 12.1. The zero-order chi connectivity index (χ0) is 21.3. The van der Waals surface area contributed by atoms with Crippen molar-refractivity contribution in [1.82, 2.24) is 14.1 Å². The summed E-state index contributed by atoms with van der Waals surface area (Å²) in [6, 6.07) is 3.63. The molecule has 29 heavy (non-hydrogen) atoms. The summed E-state index contributed by atoms with van der Waals surface area (Å²) >= 11 is 0. The number of nitrogens with zero attached hydrogens (tertiary/aromatic N) is 3. The van der Waals surface area contributed by atoms with Crippen LogP contribution in [-0.2, 0) is 10.0 Å². The summed E-state index contributed by atoms with van der Waals surface area (Å²) < 4.78 is 28.3. The number of rotatable bonds is 4. The van der Waals surface area contributed by atoms with Gasteiger partial charge >= 0.3 is 0 Å². The van der Waals surface area contributed by atoms with Crippen LogP contribution in [0.4, 0.5) is 0 Å². The smallest absolute Gasteiger partial charge is 0.253 e. The Morgan fingerprint density at radius 1 is 1.03 bits per heavy atom. The molecule has 0 atom stereocenters. The molecule has 0 aromatic heterocycles. The fourth-order valence-electron chi connectivity index (χ4n) is 4.33. The second-order valence-electron chi connectivity index (χ2n) is 8.95. The van der Waals surface area contributed by atoms with Gasteiger partial charge in [0.25, 0.3) is 5.91 Å². The van der Waals surface area contributed by atoms with Gasteiger partial charge < -0.3 is 9.80 Å². The van der Waals surface area contributed by atoms with E-state index in [0.717, 1.165) is 49.9 Å². The van der Waals surface area contributed by atoms with E-state index in [2.05, 4.69) is 18.9 Å². The Balaban J connectivity index is 1.88. The van der Waals surface area contributed by atoms with E-state index in [4.69, 9.17) is 0 Å². The number of aryl methyl sites for hydroxylation is 1. The van der Waals surface area contributed by atoms with Gasteiger partial charge in [-0.25, -0.2) is 8.42 Å². The number of hydrogen-bond acceptors (Lipinski definition) is 4. The first kappa shape index (κ1) is 22.2. The van der Waals surface area contributed by atoms with E-state index < -0.39 is 10.0 Å². The lowest BCUT2D eigenvalue weighted by atomic mass is 10.0. The van der Waals surface area contributed by atoms with Crippen LogP contribution in [0.3, 0.4) is 0 Å². The maximum Gasteiger partial charge on any atom is 0.253 e. The Morgan fingerprint density at radius 2 is 1.62 bits per heavy atom. The van der Waals surface area contributed by atoms with Gasteiger partial charge in [0.1, 0.15) is 0 Å².